The van der Waals surface area contributed by atoms with E-state index in [2.05, 4.69) is 0 Å². The van der Waals surface area contributed by atoms with E-state index in [9.17, 15) is 4.39 Å². The maximum Gasteiger partial charge on any atom is 0.124 e. The molecule has 0 saturated heterocycles. The van der Waals surface area contributed by atoms with Gasteiger partial charge in [-0.3, -0.25) is 0 Å². The van der Waals surface area contributed by atoms with Crippen molar-refractivity contribution < 1.29 is 4.39 Å². The van der Waals surface area contributed by atoms with Gasteiger partial charge < -0.3 is 5.73 Å². The first-order chi connectivity index (χ1) is 5.83. The van der Waals surface area contributed by atoms with E-state index in [1.165, 1.54) is 6.07 Å². The number of thioether (sulfide) groups is 1. The Kier molecular flexibility index (Phi) is 4.11. The molecule has 12 heavy (non-hydrogen) atoms. The lowest BCUT2D eigenvalue weighted by Gasteiger charge is -1.99. The molecule has 1 rings (SSSR count). The second kappa shape index (κ2) is 5.17. The van der Waals surface area contributed by atoms with Crippen molar-refractivity contribution in [1.82, 2.24) is 0 Å². The summed E-state index contributed by atoms with van der Waals surface area (Å²) in [6, 6.07) is 6.62. The Balaban J connectivity index is 2.41. The van der Waals surface area contributed by atoms with E-state index in [-0.39, 0.29) is 5.82 Å². The fourth-order valence-electron chi connectivity index (χ4n) is 0.830. The highest BCUT2D eigenvalue weighted by Gasteiger charge is 1.94. The molecule has 1 nitrogen and oxygen atoms in total. The molecule has 3 heteroatoms. The van der Waals surface area contributed by atoms with Crippen molar-refractivity contribution in [3.8, 4) is 0 Å². The summed E-state index contributed by atoms with van der Waals surface area (Å²) in [4.78, 5) is 0.975. The largest absolute Gasteiger partial charge is 0.330 e. The summed E-state index contributed by atoms with van der Waals surface area (Å²) in [5, 5.41) is 0. The monoisotopic (exact) mass is 185 g/mol. The van der Waals surface area contributed by atoms with Crippen molar-refractivity contribution in [2.24, 2.45) is 5.73 Å². The van der Waals surface area contributed by atoms with Gasteiger partial charge in [-0.15, -0.1) is 11.8 Å². The first-order valence-corrected chi connectivity index (χ1v) is 4.90. The molecule has 0 radical (unpaired) electrons. The molecule has 0 bridgehead atoms. The highest BCUT2D eigenvalue weighted by molar-refractivity contribution is 7.99. The van der Waals surface area contributed by atoms with Crippen LogP contribution < -0.4 is 5.73 Å². The second-order valence-corrected chi connectivity index (χ2v) is 3.62. The van der Waals surface area contributed by atoms with Crippen LogP contribution in [0.5, 0.6) is 0 Å². The van der Waals surface area contributed by atoms with Gasteiger partial charge in [0.05, 0.1) is 0 Å². The molecule has 0 amide bonds. The van der Waals surface area contributed by atoms with E-state index in [0.29, 0.717) is 6.54 Å². The third-order valence-corrected chi connectivity index (χ3v) is 2.49. The molecule has 0 aliphatic rings. The number of hydrogen-bond donors (Lipinski definition) is 1. The van der Waals surface area contributed by atoms with Gasteiger partial charge in [-0.2, -0.15) is 0 Å². The number of benzene rings is 1. The molecule has 0 aromatic heterocycles. The summed E-state index contributed by atoms with van der Waals surface area (Å²) in [6.45, 7) is 0.697. The maximum absolute atomic E-state index is 12.6. The van der Waals surface area contributed by atoms with Crippen LogP contribution >= 0.6 is 11.8 Å². The molecule has 0 fully saturated rings. The molecular formula is C9H12FNS. The highest BCUT2D eigenvalue weighted by atomic mass is 32.2. The normalized spacial score (nSPS) is 10.2. The van der Waals surface area contributed by atoms with Crippen molar-refractivity contribution >= 4 is 11.8 Å². The van der Waals surface area contributed by atoms with Crippen LogP contribution in [-0.2, 0) is 0 Å². The van der Waals surface area contributed by atoms with Gasteiger partial charge in [0, 0.05) is 4.90 Å². The molecule has 0 spiro atoms. The Labute approximate surface area is 76.2 Å². The molecule has 0 aliphatic heterocycles. The van der Waals surface area contributed by atoms with Gasteiger partial charge in [0.25, 0.3) is 0 Å². The van der Waals surface area contributed by atoms with Crippen LogP contribution in [-0.4, -0.2) is 12.3 Å². The summed E-state index contributed by atoms with van der Waals surface area (Å²) in [7, 11) is 0. The van der Waals surface area contributed by atoms with Crippen molar-refractivity contribution in [2.45, 2.75) is 11.3 Å². The Morgan fingerprint density at radius 2 is 2.25 bits per heavy atom. The Hall–Kier alpha value is -0.540. The van der Waals surface area contributed by atoms with Gasteiger partial charge in [-0.1, -0.05) is 6.07 Å². The molecule has 1 aromatic carbocycles. The molecule has 1 aromatic rings. The summed E-state index contributed by atoms with van der Waals surface area (Å²) in [5.41, 5.74) is 5.34. The highest BCUT2D eigenvalue weighted by Crippen LogP contribution is 2.18. The SMILES string of the molecule is NCCCSc1cccc(F)c1. The molecule has 0 heterocycles. The lowest BCUT2D eigenvalue weighted by molar-refractivity contribution is 0.624. The summed E-state index contributed by atoms with van der Waals surface area (Å²) < 4.78 is 12.6. The number of hydrogen-bond acceptors (Lipinski definition) is 2. The van der Waals surface area contributed by atoms with Crippen molar-refractivity contribution in [2.75, 3.05) is 12.3 Å². The summed E-state index contributed by atoms with van der Waals surface area (Å²) in [5.74, 6) is 0.785. The zero-order valence-corrected chi connectivity index (χ0v) is 7.61. The fourth-order valence-corrected chi connectivity index (χ4v) is 1.75. The Bertz CT molecular complexity index is 240. The van der Waals surface area contributed by atoms with Gasteiger partial charge in [-0.25, -0.2) is 4.39 Å². The van der Waals surface area contributed by atoms with Crippen LogP contribution in [0.15, 0.2) is 29.2 Å². The van der Waals surface area contributed by atoms with Crippen LogP contribution in [0.1, 0.15) is 6.42 Å². The maximum atomic E-state index is 12.6. The molecule has 0 atom stereocenters. The Morgan fingerprint density at radius 1 is 1.42 bits per heavy atom. The van der Waals surface area contributed by atoms with E-state index in [4.69, 9.17) is 5.73 Å². The molecule has 66 valence electrons. The van der Waals surface area contributed by atoms with Crippen LogP contribution in [0.25, 0.3) is 0 Å². The third kappa shape index (κ3) is 3.24. The minimum Gasteiger partial charge on any atom is -0.330 e. The first kappa shape index (κ1) is 9.55. The number of halogens is 1. The Morgan fingerprint density at radius 3 is 2.92 bits per heavy atom. The lowest BCUT2D eigenvalue weighted by Crippen LogP contribution is -1.99. The average molecular weight is 185 g/mol. The zero-order chi connectivity index (χ0) is 8.81. The average Bonchev–Trinajstić information content (AvgIpc) is 2.05. The van der Waals surface area contributed by atoms with Crippen LogP contribution in [0, 0.1) is 5.82 Å². The summed E-state index contributed by atoms with van der Waals surface area (Å²) >= 11 is 1.64. The van der Waals surface area contributed by atoms with Gasteiger partial charge in [0.1, 0.15) is 5.82 Å². The first-order valence-electron chi connectivity index (χ1n) is 3.91. The molecule has 0 saturated carbocycles. The predicted molar refractivity (Wildman–Crippen MR) is 50.8 cm³/mol. The van der Waals surface area contributed by atoms with E-state index in [0.717, 1.165) is 17.1 Å². The van der Waals surface area contributed by atoms with Crippen LogP contribution in [0.2, 0.25) is 0 Å². The molecule has 0 unspecified atom stereocenters. The third-order valence-electron chi connectivity index (χ3n) is 1.41. The topological polar surface area (TPSA) is 26.0 Å². The minimum atomic E-state index is -0.173. The van der Waals surface area contributed by atoms with Gasteiger partial charge >= 0.3 is 0 Å². The molecular weight excluding hydrogens is 173 g/mol. The second-order valence-electron chi connectivity index (χ2n) is 2.45. The quantitative estimate of drug-likeness (QED) is 0.575. The van der Waals surface area contributed by atoms with Crippen molar-refractivity contribution in [3.63, 3.8) is 0 Å². The van der Waals surface area contributed by atoms with Crippen molar-refractivity contribution in [1.29, 1.82) is 0 Å². The molecule has 0 aliphatic carbocycles. The molecule has 2 N–H and O–H groups in total. The zero-order valence-electron chi connectivity index (χ0n) is 6.79. The van der Waals surface area contributed by atoms with E-state index in [1.54, 1.807) is 23.9 Å². The van der Waals surface area contributed by atoms with E-state index >= 15 is 0 Å². The van der Waals surface area contributed by atoms with Gasteiger partial charge in [-0.05, 0) is 36.9 Å². The van der Waals surface area contributed by atoms with E-state index < -0.39 is 0 Å². The fraction of sp³-hybridized carbons (Fsp3) is 0.333. The van der Waals surface area contributed by atoms with E-state index in [1.807, 2.05) is 6.07 Å². The predicted octanol–water partition coefficient (Wildman–Crippen LogP) is 2.27. The van der Waals surface area contributed by atoms with Crippen molar-refractivity contribution in [3.05, 3.63) is 30.1 Å². The standard InChI is InChI=1S/C9H12FNS/c10-8-3-1-4-9(7-8)12-6-2-5-11/h1,3-4,7H,2,5-6,11H2. The number of nitrogens with two attached hydrogens (primary N) is 1. The van der Waals surface area contributed by atoms with Gasteiger partial charge in [0.2, 0.25) is 0 Å². The smallest absolute Gasteiger partial charge is 0.124 e. The number of rotatable bonds is 4. The minimum absolute atomic E-state index is 0.173. The van der Waals surface area contributed by atoms with Gasteiger partial charge in [0.15, 0.2) is 0 Å². The summed E-state index contributed by atoms with van der Waals surface area (Å²) in [6.07, 6.45) is 0.973. The van der Waals surface area contributed by atoms with Crippen LogP contribution in [0.3, 0.4) is 0 Å². The lowest BCUT2D eigenvalue weighted by atomic mass is 10.4. The van der Waals surface area contributed by atoms with Crippen LogP contribution in [0.4, 0.5) is 4.39 Å².